The van der Waals surface area contributed by atoms with Gasteiger partial charge in [0.15, 0.2) is 156 Å². The van der Waals surface area contributed by atoms with Crippen LogP contribution in [0.3, 0.4) is 0 Å². The van der Waals surface area contributed by atoms with Crippen LogP contribution in [-0.4, -0.2) is 156 Å². The molecular weight excluding hydrogens is 257 g/mol. The second kappa shape index (κ2) is 99.0. The summed E-state index contributed by atoms with van der Waals surface area (Å²) in [5, 5.41) is 0. The highest BCUT2D eigenvalue weighted by molar-refractivity contribution is 5.76. The van der Waals surface area contributed by atoms with Gasteiger partial charge < -0.3 is 6.15 Å². The topological polar surface area (TPSA) is 35.0 Å². The Morgan fingerprint density at radius 1 is 0.200 bits per heavy atom. The molecule has 0 radical (unpaired) electrons. The fourth-order valence-corrected chi connectivity index (χ4v) is 0. The van der Waals surface area contributed by atoms with E-state index in [1.165, 1.54) is 0 Å². The first-order chi connectivity index (χ1) is 0. The van der Waals surface area contributed by atoms with Crippen molar-refractivity contribution in [2.45, 2.75) is 0 Å². The van der Waals surface area contributed by atoms with E-state index in [4.69, 9.17) is 0 Å². The van der Waals surface area contributed by atoms with Crippen molar-refractivity contribution in [2.24, 2.45) is 0 Å². The lowest BCUT2D eigenvalue weighted by Gasteiger charge is -0.344. The van der Waals surface area contributed by atoms with Crippen LogP contribution in [0.5, 0.6) is 0 Å². The molecule has 0 saturated heterocycles. The second-order valence-corrected chi connectivity index (χ2v) is 0. The van der Waals surface area contributed by atoms with Gasteiger partial charge >= 0.3 is 0 Å². The van der Waals surface area contributed by atoms with Gasteiger partial charge in [0.1, 0.15) is 0 Å². The zero-order valence-electron chi connectivity index (χ0n) is 0.707. The summed E-state index contributed by atoms with van der Waals surface area (Å²) in [4.78, 5) is 0. The van der Waals surface area contributed by atoms with Crippen LogP contribution in [0.15, 0.2) is 0 Å². The van der Waals surface area contributed by atoms with Crippen molar-refractivity contribution in [3.8, 4) is 0 Å². The molecule has 62 valence electrons. The van der Waals surface area contributed by atoms with E-state index in [1.807, 2.05) is 0 Å². The Morgan fingerprint density at radius 2 is 0.200 bits per heavy atom. The van der Waals surface area contributed by atoms with Crippen LogP contribution in [0.2, 0.25) is 0 Å². The molecule has 1 nitrogen and oxygen atoms in total. The number of hydrogen-bond donors (Lipinski definition) is 1. The van der Waals surface area contributed by atoms with Gasteiger partial charge in [0.2, 0.25) is 0 Å². The van der Waals surface area contributed by atoms with Crippen molar-refractivity contribution in [3.05, 3.63) is 0 Å². The predicted molar refractivity (Wildman–Crippen MR) is 94.5 cm³/mol. The largest absolute Gasteiger partial charge is 0.344 e. The van der Waals surface area contributed by atoms with Crippen molar-refractivity contribution >= 4 is 156 Å². The van der Waals surface area contributed by atoms with E-state index in [1.54, 1.807) is 0 Å². The Balaban J connectivity index is 0. The minimum absolute atomic E-state index is 0. The van der Waals surface area contributed by atoms with Crippen molar-refractivity contribution in [2.75, 3.05) is 0 Å². The summed E-state index contributed by atoms with van der Waals surface area (Å²) in [6.07, 6.45) is 0. The molecule has 0 atom stereocenters. The normalized spacial score (nSPS) is 0. The molecule has 10 heavy (non-hydrogen) atoms. The summed E-state index contributed by atoms with van der Waals surface area (Å²) in [7, 11) is 0. The maximum Gasteiger partial charge on any atom is 0.187 e. The molecule has 0 spiro atoms. The van der Waals surface area contributed by atoms with Gasteiger partial charge in [0, 0.05) is 0 Å². The van der Waals surface area contributed by atoms with Crippen molar-refractivity contribution in [1.29, 1.82) is 0 Å². The van der Waals surface area contributed by atoms with E-state index in [0.29, 0.717) is 0 Å². The Hall–Kier alpha value is 4.75. The van der Waals surface area contributed by atoms with E-state index >= 15 is 0 Å². The molecular formula is H30Al9N. The monoisotopic (exact) mass is 287 g/mol. The summed E-state index contributed by atoms with van der Waals surface area (Å²) in [6, 6.07) is 0. The molecule has 0 fully saturated rings. The van der Waals surface area contributed by atoms with Crippen molar-refractivity contribution in [3.63, 3.8) is 0 Å². The molecule has 0 aromatic rings. The fourth-order valence-electron chi connectivity index (χ4n) is 0. The zero-order chi connectivity index (χ0) is 0. The third-order valence-electron chi connectivity index (χ3n) is 0. The summed E-state index contributed by atoms with van der Waals surface area (Å²) in [6.45, 7) is 0. The lowest BCUT2D eigenvalue weighted by atomic mass is 14.0. The Morgan fingerprint density at radius 3 is 0.200 bits per heavy atom. The fraction of sp³-hybridized carbons (Fsp3) is 0. The summed E-state index contributed by atoms with van der Waals surface area (Å²) in [5.41, 5.74) is 0. The molecule has 0 unspecified atom stereocenters. The Labute approximate surface area is 159 Å². The SMILES string of the molecule is N.[AlH3].[AlH3].[AlH3].[AlH3].[AlH3].[AlH3].[AlH3].[AlH3].[AlH3]. The molecule has 0 rings (SSSR count). The predicted octanol–water partition coefficient (Wildman–Crippen LogP) is -10.5. The minimum Gasteiger partial charge on any atom is -0.344 e. The van der Waals surface area contributed by atoms with Gasteiger partial charge in [-0.3, -0.25) is 0 Å². The summed E-state index contributed by atoms with van der Waals surface area (Å²) < 4.78 is 0. The van der Waals surface area contributed by atoms with Crippen LogP contribution in [0.25, 0.3) is 0 Å². The first-order valence-electron chi connectivity index (χ1n) is 0. The van der Waals surface area contributed by atoms with Crippen molar-refractivity contribution in [1.82, 2.24) is 6.15 Å². The zero-order valence-corrected chi connectivity index (χ0v) is 0.707. The molecule has 0 aliphatic heterocycles. The highest BCUT2D eigenvalue weighted by Gasteiger charge is 0.195. The van der Waals surface area contributed by atoms with Crippen LogP contribution >= 0.6 is 0 Å². The number of hydrogen-bond acceptors (Lipinski definition) is 1. The molecule has 0 aliphatic carbocycles. The summed E-state index contributed by atoms with van der Waals surface area (Å²) >= 11 is 0. The molecule has 0 heterocycles. The molecule has 10 heteroatoms. The van der Waals surface area contributed by atoms with Crippen LogP contribution in [0.4, 0.5) is 0 Å². The molecule has 3 N–H and O–H groups in total. The average Bonchev–Trinajstić information content (AvgIpc) is 0. The first kappa shape index (κ1) is 124. The van der Waals surface area contributed by atoms with Gasteiger partial charge in [0.25, 0.3) is 0 Å². The Bertz CT molecular complexity index is 4.69. The molecule has 0 amide bonds. The Kier molecular flexibility index (Phi) is 1220. The van der Waals surface area contributed by atoms with Crippen LogP contribution < -0.4 is 6.15 Å². The molecule has 0 saturated carbocycles. The first-order valence-corrected chi connectivity index (χ1v) is 0. The minimum atomic E-state index is 0. The van der Waals surface area contributed by atoms with E-state index in [-0.39, 0.29) is 162 Å². The maximum atomic E-state index is 0. The lowest BCUT2D eigenvalue weighted by molar-refractivity contribution is 2.13. The van der Waals surface area contributed by atoms with Gasteiger partial charge in [-0.1, -0.05) is 0 Å². The van der Waals surface area contributed by atoms with Gasteiger partial charge in [-0.15, -0.1) is 0 Å². The summed E-state index contributed by atoms with van der Waals surface area (Å²) in [5.74, 6) is 0. The molecule has 0 aliphatic rings. The van der Waals surface area contributed by atoms with Crippen LogP contribution in [0.1, 0.15) is 0 Å². The quantitative estimate of drug-likeness (QED) is 0.441. The highest BCUT2D eigenvalue weighted by atomic mass is 27.0. The van der Waals surface area contributed by atoms with Gasteiger partial charge in [-0.25, -0.2) is 0 Å². The third-order valence-corrected chi connectivity index (χ3v) is 0. The molecule has 0 aromatic heterocycles. The molecule has 0 bridgehead atoms. The average molecular weight is 287 g/mol. The molecule has 0 aromatic carbocycles. The smallest absolute Gasteiger partial charge is 0.187 e. The standard InChI is InChI=1S/9Al.H3N.27H/h;;;;;;;;;1H3;;;;;;;;;;;;;;;;;;;;;;;;;;;. The van der Waals surface area contributed by atoms with E-state index in [9.17, 15) is 0 Å². The number of rotatable bonds is 0. The van der Waals surface area contributed by atoms with Crippen LogP contribution in [0, 0.1) is 0 Å². The van der Waals surface area contributed by atoms with E-state index in [2.05, 4.69) is 0 Å². The van der Waals surface area contributed by atoms with E-state index < -0.39 is 0 Å². The lowest BCUT2D eigenvalue weighted by Crippen LogP contribution is -0.481. The third kappa shape index (κ3) is 78.0. The van der Waals surface area contributed by atoms with Crippen molar-refractivity contribution < 1.29 is 0 Å². The van der Waals surface area contributed by atoms with E-state index in [0.717, 1.165) is 0 Å². The highest BCUT2D eigenvalue weighted by Crippen LogP contribution is -0.373. The van der Waals surface area contributed by atoms with Crippen LogP contribution in [-0.2, 0) is 0 Å². The second-order valence-electron chi connectivity index (χ2n) is 0. The van der Waals surface area contributed by atoms with Gasteiger partial charge in [0.05, 0.1) is 0 Å². The maximum absolute atomic E-state index is 0. The van der Waals surface area contributed by atoms with Gasteiger partial charge in [-0.2, -0.15) is 0 Å². The van der Waals surface area contributed by atoms with Gasteiger partial charge in [-0.05, 0) is 0 Å².